The Balaban J connectivity index is 1.43. The maximum Gasteiger partial charge on any atom is 0.250 e. The quantitative estimate of drug-likeness (QED) is 0.433. The molecule has 1 spiro atoms. The van der Waals surface area contributed by atoms with Crippen LogP contribution in [-0.4, -0.2) is 40.3 Å². The number of para-hydroxylation sites is 1. The maximum absolute atomic E-state index is 13.9. The van der Waals surface area contributed by atoms with E-state index in [1.54, 1.807) is 42.5 Å². The highest BCUT2D eigenvalue weighted by Crippen LogP contribution is 2.55. The van der Waals surface area contributed by atoms with Crippen LogP contribution in [0.4, 0.5) is 5.69 Å². The van der Waals surface area contributed by atoms with E-state index in [9.17, 15) is 19.5 Å². The largest absolute Gasteiger partial charge is 0.387 e. The molecule has 0 radical (unpaired) electrons. The Morgan fingerprint density at radius 3 is 2.38 bits per heavy atom. The summed E-state index contributed by atoms with van der Waals surface area (Å²) in [6.45, 7) is 0.179. The number of nitrogens with zero attached hydrogens (tertiary/aromatic N) is 1. The minimum absolute atomic E-state index is 0.179. The molecule has 0 bridgehead atoms. The van der Waals surface area contributed by atoms with Crippen LogP contribution in [0, 0.1) is 11.8 Å². The third kappa shape index (κ3) is 3.61. The number of rotatable bonds is 5. The molecule has 7 nitrogen and oxygen atoms in total. The molecule has 0 aliphatic carbocycles. The number of benzene rings is 3. The number of nitrogens with one attached hydrogen (secondary N) is 2. The summed E-state index contributed by atoms with van der Waals surface area (Å²) in [6, 6.07) is 20.4. The van der Waals surface area contributed by atoms with E-state index in [0.29, 0.717) is 33.3 Å². The first-order valence-corrected chi connectivity index (χ1v) is 12.8. The molecular weight excluding hydrogens is 513 g/mol. The number of hydrogen-bond acceptors (Lipinski definition) is 5. The highest BCUT2D eigenvalue weighted by Gasteiger charge is 2.71. The lowest BCUT2D eigenvalue weighted by atomic mass is 9.76. The summed E-state index contributed by atoms with van der Waals surface area (Å²) in [5.74, 6) is -3.31. The zero-order valence-electron chi connectivity index (χ0n) is 19.5. The normalized spacial score (nSPS) is 26.9. The van der Waals surface area contributed by atoms with Crippen molar-refractivity contribution in [1.82, 2.24) is 10.2 Å². The summed E-state index contributed by atoms with van der Waals surface area (Å²) < 4.78 is 0. The molecule has 3 aromatic carbocycles. The van der Waals surface area contributed by atoms with Crippen molar-refractivity contribution >= 4 is 46.6 Å². The summed E-state index contributed by atoms with van der Waals surface area (Å²) in [6.07, 6.45) is -0.692. The van der Waals surface area contributed by atoms with Gasteiger partial charge in [-0.05, 0) is 35.7 Å². The van der Waals surface area contributed by atoms with Crippen LogP contribution in [0.1, 0.15) is 22.8 Å². The molecule has 5 atom stereocenters. The maximum atomic E-state index is 13.9. The molecule has 0 unspecified atom stereocenters. The van der Waals surface area contributed by atoms with Crippen LogP contribution in [0.2, 0.25) is 10.0 Å². The molecule has 0 aromatic heterocycles. The molecule has 37 heavy (non-hydrogen) atoms. The predicted molar refractivity (Wildman–Crippen MR) is 139 cm³/mol. The van der Waals surface area contributed by atoms with Gasteiger partial charge in [-0.25, -0.2) is 0 Å². The van der Waals surface area contributed by atoms with Gasteiger partial charge in [-0.15, -0.1) is 0 Å². The third-order valence-electron chi connectivity index (χ3n) is 7.74. The minimum atomic E-state index is -1.54. The van der Waals surface area contributed by atoms with Crippen LogP contribution in [0.15, 0.2) is 72.8 Å². The van der Waals surface area contributed by atoms with Crippen molar-refractivity contribution < 1.29 is 19.5 Å². The Kier molecular flexibility index (Phi) is 5.84. The van der Waals surface area contributed by atoms with Gasteiger partial charge in [-0.3, -0.25) is 24.6 Å². The third-order valence-corrected chi connectivity index (χ3v) is 8.31. The van der Waals surface area contributed by atoms with E-state index in [2.05, 4.69) is 10.6 Å². The number of halogens is 2. The van der Waals surface area contributed by atoms with Crippen molar-refractivity contribution in [3.8, 4) is 0 Å². The van der Waals surface area contributed by atoms with E-state index in [1.807, 2.05) is 30.3 Å². The lowest BCUT2D eigenvalue weighted by molar-refractivity contribution is -0.143. The van der Waals surface area contributed by atoms with Gasteiger partial charge >= 0.3 is 0 Å². The lowest BCUT2D eigenvalue weighted by Crippen LogP contribution is -2.54. The van der Waals surface area contributed by atoms with Crippen molar-refractivity contribution in [2.75, 3.05) is 11.9 Å². The first kappa shape index (κ1) is 24.1. The number of imide groups is 1. The molecule has 0 saturated carbocycles. The van der Waals surface area contributed by atoms with Crippen molar-refractivity contribution in [3.05, 3.63) is 99.5 Å². The number of carbonyl (C=O) groups excluding carboxylic acids is 3. The predicted octanol–water partition coefficient (Wildman–Crippen LogP) is 3.69. The molecule has 9 heteroatoms. The monoisotopic (exact) mass is 535 g/mol. The second-order valence-corrected chi connectivity index (χ2v) is 10.5. The summed E-state index contributed by atoms with van der Waals surface area (Å²) in [4.78, 5) is 42.6. The molecule has 6 rings (SSSR count). The van der Waals surface area contributed by atoms with Crippen LogP contribution in [0.3, 0.4) is 0 Å². The molecule has 3 heterocycles. The van der Waals surface area contributed by atoms with Gasteiger partial charge in [0.05, 0.1) is 34.7 Å². The molecule has 3 aromatic rings. The van der Waals surface area contributed by atoms with Gasteiger partial charge in [-0.1, -0.05) is 77.8 Å². The number of aliphatic hydroxyl groups excluding tert-OH is 1. The highest BCUT2D eigenvalue weighted by atomic mass is 35.5. The minimum Gasteiger partial charge on any atom is -0.387 e. The smallest absolute Gasteiger partial charge is 0.250 e. The van der Waals surface area contributed by atoms with Crippen LogP contribution >= 0.6 is 23.2 Å². The van der Waals surface area contributed by atoms with Gasteiger partial charge in [0.15, 0.2) is 0 Å². The standard InChI is InChI=1S/C28H23Cl2N3O4/c29-17-11-9-16(10-12-17)24(34)23-20-21(26(36)33(25(20)35)14-13-15-5-2-1-3-6-15)28(32-23)18-7-4-8-19(30)22(18)31-27(28)37/h1-12,20-21,23-24,32,34H,13-14H2,(H,31,37)/t20-,21-,23+,24+,28-/m0/s1. The van der Waals surface area contributed by atoms with Gasteiger partial charge in [-0.2, -0.15) is 0 Å². The fourth-order valence-corrected chi connectivity index (χ4v) is 6.37. The molecule has 3 N–H and O–H groups in total. The first-order chi connectivity index (χ1) is 17.8. The number of carbonyl (C=O) groups is 3. The average molecular weight is 536 g/mol. The molecule has 3 aliphatic heterocycles. The molecule has 2 fully saturated rings. The Hall–Kier alpha value is -3.23. The molecule has 188 valence electrons. The van der Waals surface area contributed by atoms with Crippen LogP contribution < -0.4 is 10.6 Å². The summed E-state index contributed by atoms with van der Waals surface area (Å²) in [5.41, 5.74) is 0.866. The number of anilines is 1. The van der Waals surface area contributed by atoms with Crippen LogP contribution in [0.25, 0.3) is 0 Å². The zero-order chi connectivity index (χ0) is 25.9. The molecular formula is C28H23Cl2N3O4. The Morgan fingerprint density at radius 2 is 1.65 bits per heavy atom. The fourth-order valence-electron chi connectivity index (χ4n) is 6.03. The van der Waals surface area contributed by atoms with Crippen LogP contribution in [0.5, 0.6) is 0 Å². The van der Waals surface area contributed by atoms with Gasteiger partial charge in [0, 0.05) is 17.1 Å². The number of fused-ring (bicyclic) bond motifs is 4. The van der Waals surface area contributed by atoms with Gasteiger partial charge in [0.25, 0.3) is 0 Å². The second-order valence-electron chi connectivity index (χ2n) is 9.66. The molecule has 3 amide bonds. The molecule has 3 aliphatic rings. The van der Waals surface area contributed by atoms with E-state index in [1.165, 1.54) is 4.90 Å². The summed E-state index contributed by atoms with van der Waals surface area (Å²) in [5, 5.41) is 18.3. The van der Waals surface area contributed by atoms with E-state index >= 15 is 0 Å². The SMILES string of the molecule is O=C1[C@@H]2[C@H]([C@H](O)c3ccc(Cl)cc3)N[C@]3(C(=O)Nc4c(Cl)cccc43)[C@@H]2C(=O)N1CCc1ccccc1. The second kappa shape index (κ2) is 8.96. The molecule has 2 saturated heterocycles. The average Bonchev–Trinajstić information content (AvgIpc) is 3.49. The van der Waals surface area contributed by atoms with E-state index in [0.717, 1.165) is 5.56 Å². The van der Waals surface area contributed by atoms with E-state index < -0.39 is 47.2 Å². The van der Waals surface area contributed by atoms with Gasteiger partial charge in [0.1, 0.15) is 5.54 Å². The van der Waals surface area contributed by atoms with Crippen LogP contribution in [-0.2, 0) is 26.3 Å². The zero-order valence-corrected chi connectivity index (χ0v) is 21.0. The van der Waals surface area contributed by atoms with Gasteiger partial charge < -0.3 is 10.4 Å². The Morgan fingerprint density at radius 1 is 0.919 bits per heavy atom. The van der Waals surface area contributed by atoms with Crippen molar-refractivity contribution in [2.45, 2.75) is 24.1 Å². The van der Waals surface area contributed by atoms with Gasteiger partial charge in [0.2, 0.25) is 17.7 Å². The highest BCUT2D eigenvalue weighted by molar-refractivity contribution is 6.35. The number of aliphatic hydroxyl groups is 1. The number of amides is 3. The Labute approximate surface area is 223 Å². The topological polar surface area (TPSA) is 98.7 Å². The van der Waals surface area contributed by atoms with Crippen molar-refractivity contribution in [2.24, 2.45) is 11.8 Å². The summed E-state index contributed by atoms with van der Waals surface area (Å²) in [7, 11) is 0. The first-order valence-electron chi connectivity index (χ1n) is 12.0. The van der Waals surface area contributed by atoms with E-state index in [-0.39, 0.29) is 6.54 Å². The lowest BCUT2D eigenvalue weighted by Gasteiger charge is -2.30. The van der Waals surface area contributed by atoms with Crippen molar-refractivity contribution in [1.29, 1.82) is 0 Å². The Bertz CT molecular complexity index is 1410. The van der Waals surface area contributed by atoms with Crippen molar-refractivity contribution in [3.63, 3.8) is 0 Å². The number of likely N-dealkylation sites (tertiary alicyclic amines) is 1. The van der Waals surface area contributed by atoms with E-state index in [4.69, 9.17) is 23.2 Å². The summed E-state index contributed by atoms with van der Waals surface area (Å²) >= 11 is 12.4. The number of hydrogen-bond donors (Lipinski definition) is 3. The fraction of sp³-hybridized carbons (Fsp3) is 0.250.